The highest BCUT2D eigenvalue weighted by molar-refractivity contribution is 9.12. The first kappa shape index (κ1) is 22.0. The van der Waals surface area contributed by atoms with Crippen molar-refractivity contribution in [2.24, 2.45) is 0 Å². The topological polar surface area (TPSA) is 30.7 Å². The van der Waals surface area contributed by atoms with Crippen LogP contribution >= 0.6 is 43.2 Å². The molecule has 168 valence electrons. The van der Waals surface area contributed by atoms with Gasteiger partial charge in [0.1, 0.15) is 11.0 Å². The van der Waals surface area contributed by atoms with Crippen LogP contribution in [0.4, 0.5) is 0 Å². The van der Waals surface area contributed by atoms with E-state index in [4.69, 9.17) is 9.97 Å². The van der Waals surface area contributed by atoms with Crippen molar-refractivity contribution in [1.29, 1.82) is 0 Å². The molecule has 3 aromatic heterocycles. The van der Waals surface area contributed by atoms with Crippen molar-refractivity contribution >= 4 is 76.0 Å². The molecule has 0 aliphatic carbocycles. The van der Waals surface area contributed by atoms with E-state index in [0.29, 0.717) is 0 Å². The van der Waals surface area contributed by atoms with E-state index >= 15 is 0 Å². The minimum Gasteiger partial charge on any atom is -0.340 e. The number of unbranched alkanes of at least 4 members (excludes halogenated alkanes) is 1. The second-order valence-electron chi connectivity index (χ2n) is 8.39. The molecule has 0 amide bonds. The van der Waals surface area contributed by atoms with Gasteiger partial charge < -0.3 is 4.57 Å². The predicted molar refractivity (Wildman–Crippen MR) is 152 cm³/mol. The number of hydrogen-bond acceptors (Lipinski definition) is 3. The summed E-state index contributed by atoms with van der Waals surface area (Å²) in [7, 11) is 0. The lowest BCUT2D eigenvalue weighted by atomic mass is 10.0. The summed E-state index contributed by atoms with van der Waals surface area (Å²) in [5.41, 5.74) is 8.25. The quantitative estimate of drug-likeness (QED) is 0.200. The Labute approximate surface area is 218 Å². The van der Waals surface area contributed by atoms with Crippen molar-refractivity contribution < 1.29 is 0 Å². The Morgan fingerprint density at radius 1 is 0.735 bits per heavy atom. The molecule has 34 heavy (non-hydrogen) atoms. The highest BCUT2D eigenvalue weighted by atomic mass is 79.9. The number of para-hydroxylation sites is 1. The Balaban J connectivity index is 1.65. The summed E-state index contributed by atoms with van der Waals surface area (Å²) in [5.74, 6) is 0. The number of hydrogen-bond donors (Lipinski definition) is 0. The normalized spacial score (nSPS) is 11.7. The number of aromatic nitrogens is 3. The molecular formula is C28H21Br2N3S. The number of aryl methyl sites for hydroxylation is 1. The smallest absolute Gasteiger partial charge is 0.116 e. The van der Waals surface area contributed by atoms with E-state index in [0.717, 1.165) is 60.5 Å². The third-order valence-corrected chi connectivity index (χ3v) is 8.74. The maximum Gasteiger partial charge on any atom is 0.116 e. The van der Waals surface area contributed by atoms with E-state index in [2.05, 4.69) is 110 Å². The van der Waals surface area contributed by atoms with Gasteiger partial charge in [0.25, 0.3) is 0 Å². The molecule has 0 spiro atoms. The Kier molecular flexibility index (Phi) is 5.76. The molecule has 0 fully saturated rings. The third kappa shape index (κ3) is 3.60. The molecule has 3 aromatic carbocycles. The molecule has 6 heteroatoms. The first-order chi connectivity index (χ1) is 16.7. The van der Waals surface area contributed by atoms with Crippen molar-refractivity contribution in [1.82, 2.24) is 14.5 Å². The SMILES string of the molecule is CCCCn1c2ccccc2c2ccc(-c3nc4c(Br)sc(Br)c4nc3-c3ccccc3)cc21. The predicted octanol–water partition coefficient (Wildman–Crippen LogP) is 9.46. The van der Waals surface area contributed by atoms with Gasteiger partial charge >= 0.3 is 0 Å². The van der Waals surface area contributed by atoms with Crippen LogP contribution in [0.2, 0.25) is 0 Å². The third-order valence-electron chi connectivity index (χ3n) is 6.28. The fraction of sp³-hybridized carbons (Fsp3) is 0.143. The maximum absolute atomic E-state index is 5.16. The molecule has 6 rings (SSSR count). The number of nitrogens with zero attached hydrogens (tertiary/aromatic N) is 3. The Hall–Kier alpha value is -2.54. The highest BCUT2D eigenvalue weighted by Crippen LogP contribution is 2.41. The van der Waals surface area contributed by atoms with E-state index < -0.39 is 0 Å². The number of fused-ring (bicyclic) bond motifs is 4. The lowest BCUT2D eigenvalue weighted by Crippen LogP contribution is -1.98. The van der Waals surface area contributed by atoms with Gasteiger partial charge in [-0.25, -0.2) is 9.97 Å². The standard InChI is InChI=1S/C28H21Br2N3S/c1-2-3-15-33-21-12-8-7-11-19(21)20-14-13-18(16-22(20)33)24-23(17-9-5-4-6-10-17)31-25-26(32-24)28(30)34-27(25)29/h4-14,16H,2-3,15H2,1H3. The molecule has 0 saturated carbocycles. The summed E-state index contributed by atoms with van der Waals surface area (Å²) in [4.78, 5) is 10.3. The second-order valence-corrected chi connectivity index (χ2v) is 12.0. The Bertz CT molecular complexity index is 1670. The molecule has 0 radical (unpaired) electrons. The number of halogens is 2. The molecule has 3 nitrogen and oxygen atoms in total. The largest absolute Gasteiger partial charge is 0.340 e. The molecule has 0 aliphatic heterocycles. The van der Waals surface area contributed by atoms with Crippen LogP contribution < -0.4 is 0 Å². The van der Waals surface area contributed by atoms with Crippen LogP contribution in [0, 0.1) is 0 Å². The first-order valence-electron chi connectivity index (χ1n) is 11.4. The van der Waals surface area contributed by atoms with Gasteiger partial charge in [0.05, 0.1) is 19.0 Å². The van der Waals surface area contributed by atoms with Crippen LogP contribution in [0.1, 0.15) is 19.8 Å². The molecule has 0 N–H and O–H groups in total. The lowest BCUT2D eigenvalue weighted by molar-refractivity contribution is 0.665. The zero-order chi connectivity index (χ0) is 23.2. The summed E-state index contributed by atoms with van der Waals surface area (Å²) in [5, 5.41) is 2.58. The lowest BCUT2D eigenvalue weighted by Gasteiger charge is -2.11. The zero-order valence-corrected chi connectivity index (χ0v) is 22.5. The number of thiophene rings is 1. The minimum atomic E-state index is 0.887. The fourth-order valence-corrected chi connectivity index (χ4v) is 7.45. The van der Waals surface area contributed by atoms with Crippen LogP contribution in [-0.4, -0.2) is 14.5 Å². The van der Waals surface area contributed by atoms with Crippen molar-refractivity contribution in [3.8, 4) is 22.5 Å². The van der Waals surface area contributed by atoms with Crippen LogP contribution in [0.3, 0.4) is 0 Å². The Morgan fingerprint density at radius 2 is 1.38 bits per heavy atom. The van der Waals surface area contributed by atoms with Gasteiger partial charge in [0.15, 0.2) is 0 Å². The van der Waals surface area contributed by atoms with Gasteiger partial charge in [-0.1, -0.05) is 74.0 Å². The van der Waals surface area contributed by atoms with Crippen molar-refractivity contribution in [3.05, 3.63) is 80.4 Å². The van der Waals surface area contributed by atoms with Crippen molar-refractivity contribution in [3.63, 3.8) is 0 Å². The van der Waals surface area contributed by atoms with Gasteiger partial charge in [0.2, 0.25) is 0 Å². The molecular weight excluding hydrogens is 570 g/mol. The zero-order valence-electron chi connectivity index (χ0n) is 18.6. The average molecular weight is 591 g/mol. The molecule has 0 unspecified atom stereocenters. The van der Waals surface area contributed by atoms with Gasteiger partial charge in [0, 0.05) is 39.5 Å². The molecule has 0 atom stereocenters. The van der Waals surface area contributed by atoms with E-state index in [1.54, 1.807) is 11.3 Å². The summed E-state index contributed by atoms with van der Waals surface area (Å²) < 4.78 is 4.43. The maximum atomic E-state index is 5.16. The summed E-state index contributed by atoms with van der Waals surface area (Å²) in [6.07, 6.45) is 2.31. The van der Waals surface area contributed by atoms with Crippen molar-refractivity contribution in [2.75, 3.05) is 0 Å². The van der Waals surface area contributed by atoms with Gasteiger partial charge in [-0.3, -0.25) is 0 Å². The van der Waals surface area contributed by atoms with Crippen LogP contribution in [0.25, 0.3) is 55.4 Å². The summed E-state index contributed by atoms with van der Waals surface area (Å²) in [6.45, 7) is 3.25. The first-order valence-corrected chi connectivity index (χ1v) is 13.8. The average Bonchev–Trinajstić information content (AvgIpc) is 3.34. The molecule has 0 aliphatic rings. The van der Waals surface area contributed by atoms with Crippen LogP contribution in [0.15, 0.2) is 80.4 Å². The number of rotatable bonds is 5. The van der Waals surface area contributed by atoms with Crippen LogP contribution in [0.5, 0.6) is 0 Å². The number of benzene rings is 3. The highest BCUT2D eigenvalue weighted by Gasteiger charge is 2.19. The second kappa shape index (κ2) is 8.91. The molecule has 3 heterocycles. The van der Waals surface area contributed by atoms with Crippen molar-refractivity contribution in [2.45, 2.75) is 26.3 Å². The molecule has 0 bridgehead atoms. The van der Waals surface area contributed by atoms with Gasteiger partial charge in [-0.05, 0) is 50.4 Å². The van der Waals surface area contributed by atoms with E-state index in [1.165, 1.54) is 21.8 Å². The van der Waals surface area contributed by atoms with E-state index in [1.807, 2.05) is 6.07 Å². The monoisotopic (exact) mass is 589 g/mol. The fourth-order valence-electron chi connectivity index (χ4n) is 4.64. The summed E-state index contributed by atoms with van der Waals surface area (Å²) in [6, 6.07) is 25.8. The van der Waals surface area contributed by atoms with Gasteiger partial charge in [-0.2, -0.15) is 0 Å². The minimum absolute atomic E-state index is 0.887. The molecule has 0 saturated heterocycles. The van der Waals surface area contributed by atoms with E-state index in [-0.39, 0.29) is 0 Å². The molecule has 6 aromatic rings. The summed E-state index contributed by atoms with van der Waals surface area (Å²) >= 11 is 8.98. The van der Waals surface area contributed by atoms with Crippen LogP contribution in [-0.2, 0) is 6.54 Å². The van der Waals surface area contributed by atoms with Gasteiger partial charge in [-0.15, -0.1) is 11.3 Å². The van der Waals surface area contributed by atoms with E-state index in [9.17, 15) is 0 Å². The Morgan fingerprint density at radius 3 is 2.12 bits per heavy atom.